The van der Waals surface area contributed by atoms with Crippen molar-refractivity contribution >= 4 is 27.5 Å². The second-order valence-corrected chi connectivity index (χ2v) is 10.5. The first-order chi connectivity index (χ1) is 18.3. The van der Waals surface area contributed by atoms with E-state index < -0.39 is 28.5 Å². The van der Waals surface area contributed by atoms with Gasteiger partial charge in [0, 0.05) is 19.2 Å². The number of hydrogen-bond acceptors (Lipinski definition) is 5. The number of sulfonamides is 1. The number of carbonyl (C=O) groups excluding carboxylic acids is 2. The zero-order valence-corrected chi connectivity index (χ0v) is 22.9. The molecular weight excluding hydrogens is 502 g/mol. The lowest BCUT2D eigenvalue weighted by atomic mass is 10.1. The van der Waals surface area contributed by atoms with E-state index in [2.05, 4.69) is 5.32 Å². The number of likely N-dealkylation sites (N-methyl/N-ethyl adjacent to an activating group) is 1. The summed E-state index contributed by atoms with van der Waals surface area (Å²) < 4.78 is 33.9. The van der Waals surface area contributed by atoms with Crippen molar-refractivity contribution in [3.05, 3.63) is 90.5 Å². The van der Waals surface area contributed by atoms with Crippen LogP contribution in [0.4, 0.5) is 5.69 Å². The molecule has 3 aromatic carbocycles. The summed E-state index contributed by atoms with van der Waals surface area (Å²) in [6, 6.07) is 23.4. The first-order valence-electron chi connectivity index (χ1n) is 12.6. The van der Waals surface area contributed by atoms with Gasteiger partial charge in [-0.2, -0.15) is 0 Å². The van der Waals surface area contributed by atoms with Crippen LogP contribution in [0.1, 0.15) is 25.8 Å². The standard InChI is InChI=1S/C29H35N3O5S/c1-4-27(29(34)30-5-2)31(20-19-23-13-8-6-9-14-23)28(33)22-32(24-15-12-16-25(21-24)37-3)38(35,36)26-17-10-7-11-18-26/h6-18,21,27H,4-5,19-20,22H2,1-3H3,(H,30,34)/t27-/m1/s1. The summed E-state index contributed by atoms with van der Waals surface area (Å²) in [4.78, 5) is 28.4. The lowest BCUT2D eigenvalue weighted by Crippen LogP contribution is -2.53. The Labute approximate surface area is 225 Å². The van der Waals surface area contributed by atoms with Crippen LogP contribution < -0.4 is 14.4 Å². The van der Waals surface area contributed by atoms with Crippen LogP contribution in [0.5, 0.6) is 5.75 Å². The van der Waals surface area contributed by atoms with Crippen LogP contribution in [0.25, 0.3) is 0 Å². The maximum absolute atomic E-state index is 13.9. The van der Waals surface area contributed by atoms with Gasteiger partial charge in [0.15, 0.2) is 0 Å². The van der Waals surface area contributed by atoms with E-state index in [9.17, 15) is 18.0 Å². The highest BCUT2D eigenvalue weighted by atomic mass is 32.2. The molecule has 0 aromatic heterocycles. The van der Waals surface area contributed by atoms with Crippen LogP contribution in [-0.2, 0) is 26.0 Å². The molecule has 3 rings (SSSR count). The maximum atomic E-state index is 13.9. The van der Waals surface area contributed by atoms with Crippen LogP contribution in [0.2, 0.25) is 0 Å². The molecule has 8 nitrogen and oxygen atoms in total. The highest BCUT2D eigenvalue weighted by Gasteiger charge is 2.33. The first kappa shape index (κ1) is 28.7. The molecule has 9 heteroatoms. The Hall–Kier alpha value is -3.85. The van der Waals surface area contributed by atoms with Gasteiger partial charge in [0.05, 0.1) is 17.7 Å². The van der Waals surface area contributed by atoms with Crippen LogP contribution in [0, 0.1) is 0 Å². The van der Waals surface area contributed by atoms with E-state index in [1.165, 1.54) is 24.1 Å². The van der Waals surface area contributed by atoms with Gasteiger partial charge in [0.25, 0.3) is 10.0 Å². The minimum absolute atomic E-state index is 0.0576. The van der Waals surface area contributed by atoms with Gasteiger partial charge in [-0.3, -0.25) is 13.9 Å². The lowest BCUT2D eigenvalue weighted by molar-refractivity contribution is -0.139. The Kier molecular flexibility index (Phi) is 10.3. The number of hydrogen-bond donors (Lipinski definition) is 1. The third-order valence-corrected chi connectivity index (χ3v) is 7.96. The highest BCUT2D eigenvalue weighted by molar-refractivity contribution is 7.92. The third-order valence-electron chi connectivity index (χ3n) is 6.17. The molecule has 0 fully saturated rings. The Morgan fingerprint density at radius 3 is 2.18 bits per heavy atom. The lowest BCUT2D eigenvalue weighted by Gasteiger charge is -2.33. The fourth-order valence-corrected chi connectivity index (χ4v) is 5.63. The van der Waals surface area contributed by atoms with E-state index in [4.69, 9.17) is 4.74 Å². The van der Waals surface area contributed by atoms with Gasteiger partial charge in [0.2, 0.25) is 11.8 Å². The number of ether oxygens (including phenoxy) is 1. The van der Waals surface area contributed by atoms with Crippen LogP contribution >= 0.6 is 0 Å². The largest absolute Gasteiger partial charge is 0.497 e. The third kappa shape index (κ3) is 7.13. The zero-order valence-electron chi connectivity index (χ0n) is 22.0. The summed E-state index contributed by atoms with van der Waals surface area (Å²) in [6.07, 6.45) is 0.907. The van der Waals surface area contributed by atoms with Gasteiger partial charge in [-0.1, -0.05) is 61.5 Å². The molecule has 38 heavy (non-hydrogen) atoms. The Morgan fingerprint density at radius 2 is 1.58 bits per heavy atom. The average molecular weight is 538 g/mol. The van der Waals surface area contributed by atoms with Gasteiger partial charge in [-0.25, -0.2) is 8.42 Å². The van der Waals surface area contributed by atoms with E-state index in [-0.39, 0.29) is 23.0 Å². The van der Waals surface area contributed by atoms with E-state index >= 15 is 0 Å². The predicted octanol–water partition coefficient (Wildman–Crippen LogP) is 3.88. The quantitative estimate of drug-likeness (QED) is 0.357. The number of amides is 2. The van der Waals surface area contributed by atoms with E-state index in [1.54, 1.807) is 42.5 Å². The number of anilines is 1. The van der Waals surface area contributed by atoms with Crippen molar-refractivity contribution in [3.63, 3.8) is 0 Å². The summed E-state index contributed by atoms with van der Waals surface area (Å²) in [5, 5.41) is 2.81. The predicted molar refractivity (Wildman–Crippen MR) is 149 cm³/mol. The fourth-order valence-electron chi connectivity index (χ4n) is 4.20. The molecule has 3 aromatic rings. The molecule has 0 unspecified atom stereocenters. The number of methoxy groups -OCH3 is 1. The molecule has 1 N–H and O–H groups in total. The van der Waals surface area contributed by atoms with Crippen molar-refractivity contribution in [3.8, 4) is 5.75 Å². The summed E-state index contributed by atoms with van der Waals surface area (Å²) >= 11 is 0. The molecule has 0 spiro atoms. The van der Waals surface area contributed by atoms with E-state index in [0.29, 0.717) is 25.1 Å². The summed E-state index contributed by atoms with van der Waals surface area (Å²) in [6.45, 7) is 3.86. The molecule has 0 saturated carbocycles. The number of benzene rings is 3. The van der Waals surface area contributed by atoms with Gasteiger partial charge in [-0.05, 0) is 49.6 Å². The molecule has 0 heterocycles. The van der Waals surface area contributed by atoms with Crippen LogP contribution in [0.3, 0.4) is 0 Å². The molecule has 0 saturated heterocycles. The number of nitrogens with one attached hydrogen (secondary N) is 1. The van der Waals surface area contributed by atoms with Crippen molar-refractivity contribution in [2.45, 2.75) is 37.6 Å². The van der Waals surface area contributed by atoms with Crippen molar-refractivity contribution in [2.75, 3.05) is 31.0 Å². The Morgan fingerprint density at radius 1 is 0.921 bits per heavy atom. The summed E-state index contributed by atoms with van der Waals surface area (Å²) in [7, 11) is -2.62. The second-order valence-electron chi connectivity index (χ2n) is 8.67. The number of nitrogens with zero attached hydrogens (tertiary/aromatic N) is 2. The van der Waals surface area contributed by atoms with E-state index in [1.807, 2.05) is 44.2 Å². The monoisotopic (exact) mass is 537 g/mol. The van der Waals surface area contributed by atoms with Crippen molar-refractivity contribution in [2.24, 2.45) is 0 Å². The smallest absolute Gasteiger partial charge is 0.264 e. The average Bonchev–Trinajstić information content (AvgIpc) is 2.94. The SMILES string of the molecule is CCNC(=O)[C@@H](CC)N(CCc1ccccc1)C(=O)CN(c1cccc(OC)c1)S(=O)(=O)c1ccccc1. The van der Waals surface area contributed by atoms with Gasteiger partial charge >= 0.3 is 0 Å². The molecule has 0 radical (unpaired) electrons. The van der Waals surface area contributed by atoms with Crippen LogP contribution in [-0.4, -0.2) is 57.9 Å². The fraction of sp³-hybridized carbons (Fsp3) is 0.310. The molecule has 2 amide bonds. The van der Waals surface area contributed by atoms with Crippen molar-refractivity contribution < 1.29 is 22.7 Å². The van der Waals surface area contributed by atoms with Crippen LogP contribution in [0.15, 0.2) is 89.8 Å². The highest BCUT2D eigenvalue weighted by Crippen LogP contribution is 2.27. The first-order valence-corrected chi connectivity index (χ1v) is 14.1. The summed E-state index contributed by atoms with van der Waals surface area (Å²) in [5.41, 5.74) is 1.30. The normalized spacial score (nSPS) is 11.9. The van der Waals surface area contributed by atoms with Gasteiger partial charge in [0.1, 0.15) is 18.3 Å². The van der Waals surface area contributed by atoms with Gasteiger partial charge < -0.3 is 15.0 Å². The number of rotatable bonds is 13. The second kappa shape index (κ2) is 13.6. The molecule has 202 valence electrons. The molecule has 0 aliphatic rings. The molecule has 0 aliphatic carbocycles. The van der Waals surface area contributed by atoms with E-state index in [0.717, 1.165) is 9.87 Å². The maximum Gasteiger partial charge on any atom is 0.264 e. The Bertz CT molecular complexity index is 1300. The summed E-state index contributed by atoms with van der Waals surface area (Å²) in [5.74, 6) is -0.283. The zero-order chi connectivity index (χ0) is 27.5. The molecule has 0 aliphatic heterocycles. The minimum Gasteiger partial charge on any atom is -0.497 e. The topological polar surface area (TPSA) is 96.0 Å². The van der Waals surface area contributed by atoms with Crippen molar-refractivity contribution in [1.82, 2.24) is 10.2 Å². The number of carbonyl (C=O) groups is 2. The van der Waals surface area contributed by atoms with Gasteiger partial charge in [-0.15, -0.1) is 0 Å². The molecule has 0 bridgehead atoms. The molecular formula is C29H35N3O5S. The van der Waals surface area contributed by atoms with Crippen molar-refractivity contribution in [1.29, 1.82) is 0 Å². The minimum atomic E-state index is -4.11. The molecule has 1 atom stereocenters. The Balaban J connectivity index is 2.01.